The van der Waals surface area contributed by atoms with Crippen molar-refractivity contribution in [2.45, 2.75) is 44.2 Å². The molecule has 2 heterocycles. The molecule has 2 fully saturated rings. The van der Waals surface area contributed by atoms with Crippen LogP contribution in [-0.2, 0) is 4.79 Å². The van der Waals surface area contributed by atoms with Gasteiger partial charge >= 0.3 is 5.97 Å². The van der Waals surface area contributed by atoms with Gasteiger partial charge in [0.05, 0.1) is 12.4 Å². The molecule has 0 spiro atoms. The van der Waals surface area contributed by atoms with E-state index in [0.717, 1.165) is 19.3 Å². The smallest absolute Gasteiger partial charge is 0.326 e. The Kier molecular flexibility index (Phi) is 3.26. The first kappa shape index (κ1) is 12.9. The molecule has 104 valence electrons. The van der Waals surface area contributed by atoms with Gasteiger partial charge in [0.25, 0.3) is 0 Å². The third-order valence-electron chi connectivity index (χ3n) is 4.39. The molecule has 0 amide bonds. The van der Waals surface area contributed by atoms with Crippen LogP contribution in [0.15, 0.2) is 12.4 Å². The molecule has 0 radical (unpaired) electrons. The summed E-state index contributed by atoms with van der Waals surface area (Å²) in [5.74, 6) is 0.207. The topological polar surface area (TPSA) is 90.1 Å². The van der Waals surface area contributed by atoms with Crippen LogP contribution in [-0.4, -0.2) is 33.1 Å². The van der Waals surface area contributed by atoms with E-state index in [9.17, 15) is 9.90 Å². The highest BCUT2D eigenvalue weighted by atomic mass is 16.4. The molecule has 1 N–H and O–H groups in total. The van der Waals surface area contributed by atoms with Gasteiger partial charge < -0.3 is 10.0 Å². The molecule has 0 bridgehead atoms. The maximum Gasteiger partial charge on any atom is 0.326 e. The van der Waals surface area contributed by atoms with E-state index in [4.69, 9.17) is 5.26 Å². The van der Waals surface area contributed by atoms with Crippen LogP contribution in [0.5, 0.6) is 0 Å². The summed E-state index contributed by atoms with van der Waals surface area (Å²) in [6.07, 6.45) is 8.02. The number of fused-ring (bicyclic) bond motifs is 1. The van der Waals surface area contributed by atoms with Crippen molar-refractivity contribution in [1.82, 2.24) is 9.97 Å². The first-order valence-corrected chi connectivity index (χ1v) is 6.94. The summed E-state index contributed by atoms with van der Waals surface area (Å²) in [6, 6.07) is 1.65. The quantitative estimate of drug-likeness (QED) is 0.878. The fourth-order valence-electron chi connectivity index (χ4n) is 3.52. The summed E-state index contributed by atoms with van der Waals surface area (Å²) < 4.78 is 0. The number of hydrogen-bond acceptors (Lipinski definition) is 5. The number of carboxylic acids is 1. The van der Waals surface area contributed by atoms with Crippen LogP contribution >= 0.6 is 0 Å². The molecule has 1 saturated carbocycles. The first-order chi connectivity index (χ1) is 9.70. The third kappa shape index (κ3) is 2.09. The molecule has 0 aromatic carbocycles. The Morgan fingerprint density at radius 3 is 2.80 bits per heavy atom. The number of aromatic nitrogens is 2. The maximum absolute atomic E-state index is 11.5. The fraction of sp³-hybridized carbons (Fsp3) is 0.571. The number of carboxylic acid groups (broad SMARTS) is 1. The number of hydrogen-bond donors (Lipinski definition) is 1. The molecule has 3 unspecified atom stereocenters. The van der Waals surface area contributed by atoms with Crippen molar-refractivity contribution >= 4 is 11.8 Å². The normalized spacial score (nSPS) is 28.8. The zero-order valence-corrected chi connectivity index (χ0v) is 11.1. The second-order valence-electron chi connectivity index (χ2n) is 5.48. The van der Waals surface area contributed by atoms with Crippen LogP contribution < -0.4 is 4.90 Å². The summed E-state index contributed by atoms with van der Waals surface area (Å²) in [4.78, 5) is 21.7. The summed E-state index contributed by atoms with van der Waals surface area (Å²) in [7, 11) is 0. The molecular formula is C14H16N4O2. The summed E-state index contributed by atoms with van der Waals surface area (Å²) in [5.41, 5.74) is 0.250. The van der Waals surface area contributed by atoms with Gasteiger partial charge in [-0.2, -0.15) is 5.26 Å². The molecule has 1 aliphatic heterocycles. The number of nitriles is 1. The number of aliphatic carboxylic acids is 1. The van der Waals surface area contributed by atoms with Gasteiger partial charge in [0.15, 0.2) is 5.69 Å². The van der Waals surface area contributed by atoms with Crippen molar-refractivity contribution in [3.05, 3.63) is 18.1 Å². The lowest BCUT2D eigenvalue weighted by atomic mass is 9.85. The zero-order valence-electron chi connectivity index (χ0n) is 11.1. The molecular weight excluding hydrogens is 256 g/mol. The molecule has 6 heteroatoms. The van der Waals surface area contributed by atoms with Crippen molar-refractivity contribution in [3.8, 4) is 6.07 Å². The van der Waals surface area contributed by atoms with Crippen molar-refractivity contribution in [1.29, 1.82) is 5.26 Å². The van der Waals surface area contributed by atoms with E-state index in [1.165, 1.54) is 18.8 Å². The van der Waals surface area contributed by atoms with E-state index >= 15 is 0 Å². The Labute approximate surface area is 117 Å². The third-order valence-corrected chi connectivity index (χ3v) is 4.39. The minimum Gasteiger partial charge on any atom is -0.480 e. The lowest BCUT2D eigenvalue weighted by Gasteiger charge is -2.33. The zero-order chi connectivity index (χ0) is 14.1. The minimum atomic E-state index is -0.800. The van der Waals surface area contributed by atoms with E-state index in [0.29, 0.717) is 18.2 Å². The van der Waals surface area contributed by atoms with E-state index in [-0.39, 0.29) is 11.7 Å². The Bertz CT molecular complexity index is 551. The Morgan fingerprint density at radius 2 is 2.15 bits per heavy atom. The highest BCUT2D eigenvalue weighted by Gasteiger charge is 2.45. The summed E-state index contributed by atoms with van der Waals surface area (Å²) in [6.45, 7) is 0. The standard InChI is InChI=1S/C14H16N4O2/c15-6-10-7-17-13(8-16-10)18-11-4-2-1-3-9(11)5-12(18)14(19)20/h7-9,11-12H,1-5H2,(H,19,20). The first-order valence-electron chi connectivity index (χ1n) is 6.94. The van der Waals surface area contributed by atoms with Crippen molar-refractivity contribution in [2.75, 3.05) is 4.90 Å². The van der Waals surface area contributed by atoms with Crippen LogP contribution in [0.4, 0.5) is 5.82 Å². The van der Waals surface area contributed by atoms with Gasteiger partial charge in [-0.25, -0.2) is 14.8 Å². The summed E-state index contributed by atoms with van der Waals surface area (Å²) in [5, 5.41) is 18.2. The Balaban J connectivity index is 1.94. The number of anilines is 1. The van der Waals surface area contributed by atoms with Crippen LogP contribution in [0.2, 0.25) is 0 Å². The molecule has 3 rings (SSSR count). The highest BCUT2D eigenvalue weighted by molar-refractivity contribution is 5.79. The van der Waals surface area contributed by atoms with Gasteiger partial charge in [-0.15, -0.1) is 0 Å². The number of nitrogens with zero attached hydrogens (tertiary/aromatic N) is 4. The summed E-state index contributed by atoms with van der Waals surface area (Å²) >= 11 is 0. The fourth-order valence-corrected chi connectivity index (χ4v) is 3.52. The van der Waals surface area contributed by atoms with Crippen LogP contribution in [0.3, 0.4) is 0 Å². The van der Waals surface area contributed by atoms with Crippen LogP contribution in [0, 0.1) is 17.2 Å². The predicted octanol–water partition coefficient (Wildman–Crippen LogP) is 1.57. The molecule has 20 heavy (non-hydrogen) atoms. The van der Waals surface area contributed by atoms with Crippen molar-refractivity contribution in [3.63, 3.8) is 0 Å². The van der Waals surface area contributed by atoms with Gasteiger partial charge in [0.1, 0.15) is 17.9 Å². The Hall–Kier alpha value is -2.16. The predicted molar refractivity (Wildman–Crippen MR) is 71.0 cm³/mol. The van der Waals surface area contributed by atoms with Crippen LogP contribution in [0.25, 0.3) is 0 Å². The molecule has 1 aliphatic carbocycles. The van der Waals surface area contributed by atoms with E-state index in [1.807, 2.05) is 11.0 Å². The largest absolute Gasteiger partial charge is 0.480 e. The Morgan fingerprint density at radius 1 is 1.35 bits per heavy atom. The lowest BCUT2D eigenvalue weighted by Crippen LogP contribution is -2.43. The van der Waals surface area contributed by atoms with Gasteiger partial charge in [-0.1, -0.05) is 12.8 Å². The van der Waals surface area contributed by atoms with E-state index in [2.05, 4.69) is 9.97 Å². The van der Waals surface area contributed by atoms with Crippen molar-refractivity contribution < 1.29 is 9.90 Å². The lowest BCUT2D eigenvalue weighted by molar-refractivity contribution is -0.138. The average Bonchev–Trinajstić information content (AvgIpc) is 2.87. The average molecular weight is 272 g/mol. The second kappa shape index (κ2) is 5.08. The number of rotatable bonds is 2. The molecule has 2 aliphatic rings. The number of carbonyl (C=O) groups is 1. The molecule has 1 aromatic rings. The highest BCUT2D eigenvalue weighted by Crippen LogP contribution is 2.41. The monoisotopic (exact) mass is 272 g/mol. The molecule has 6 nitrogen and oxygen atoms in total. The van der Waals surface area contributed by atoms with Gasteiger partial charge in [0, 0.05) is 6.04 Å². The molecule has 1 aromatic heterocycles. The van der Waals surface area contributed by atoms with Gasteiger partial charge in [0.2, 0.25) is 0 Å². The van der Waals surface area contributed by atoms with Crippen LogP contribution in [0.1, 0.15) is 37.8 Å². The van der Waals surface area contributed by atoms with Gasteiger partial charge in [-0.05, 0) is 25.2 Å². The van der Waals surface area contributed by atoms with E-state index < -0.39 is 12.0 Å². The maximum atomic E-state index is 11.5. The SMILES string of the molecule is N#Cc1cnc(N2C(C(=O)O)CC3CCCCC32)cn1. The van der Waals surface area contributed by atoms with E-state index in [1.54, 1.807) is 0 Å². The van der Waals surface area contributed by atoms with Gasteiger partial charge in [-0.3, -0.25) is 0 Å². The minimum absolute atomic E-state index is 0.243. The second-order valence-corrected chi connectivity index (χ2v) is 5.48. The van der Waals surface area contributed by atoms with Crippen molar-refractivity contribution in [2.24, 2.45) is 5.92 Å². The molecule has 1 saturated heterocycles. The molecule has 3 atom stereocenters.